The topological polar surface area (TPSA) is 154 Å². The van der Waals surface area contributed by atoms with Gasteiger partial charge in [0, 0.05) is 38.3 Å². The van der Waals surface area contributed by atoms with Crippen molar-refractivity contribution in [3.63, 3.8) is 0 Å². The van der Waals surface area contributed by atoms with Crippen molar-refractivity contribution in [3.8, 4) is 0 Å². The van der Waals surface area contributed by atoms with Gasteiger partial charge in [-0.05, 0) is 50.9 Å². The number of rotatable bonds is 6. The molecule has 3 atom stereocenters. The summed E-state index contributed by atoms with van der Waals surface area (Å²) in [4.78, 5) is 67.1. The van der Waals surface area contributed by atoms with Crippen molar-refractivity contribution in [1.82, 2.24) is 26.2 Å². The van der Waals surface area contributed by atoms with Crippen molar-refractivity contribution >= 4 is 51.4 Å². The Kier molecular flexibility index (Phi) is 16.9. The van der Waals surface area contributed by atoms with E-state index in [9.17, 15) is 28.8 Å². The molecule has 3 fully saturated rings. The van der Waals surface area contributed by atoms with E-state index >= 15 is 0 Å². The molecule has 2 aromatic carbocycles. The molecule has 5 rings (SSSR count). The lowest BCUT2D eigenvalue weighted by molar-refractivity contribution is -0.138. The summed E-state index contributed by atoms with van der Waals surface area (Å²) in [6.07, 6.45) is 4.15. The summed E-state index contributed by atoms with van der Waals surface area (Å²) in [6.45, 7) is 3.63. The molecule has 12 heteroatoms. The average Bonchev–Trinajstić information content (AvgIpc) is 3.01. The number of alkyl halides is 1. The Morgan fingerprint density at radius 2 is 1.20 bits per heavy atom. The smallest absolute Gasteiger partial charge is 0.243 e. The van der Waals surface area contributed by atoms with Crippen molar-refractivity contribution in [2.45, 2.75) is 75.8 Å². The van der Waals surface area contributed by atoms with E-state index < -0.39 is 0 Å². The van der Waals surface area contributed by atoms with Gasteiger partial charge in [0.2, 0.25) is 35.4 Å². The Labute approximate surface area is 273 Å². The Bertz CT molecular complexity index is 1280. The zero-order valence-electron chi connectivity index (χ0n) is 26.1. The van der Waals surface area contributed by atoms with E-state index in [1.807, 2.05) is 74.4 Å². The molecule has 4 N–H and O–H groups in total. The average molecular weight is 687 g/mol. The molecule has 0 aliphatic carbocycles. The number of nitrogens with one attached hydrogen (secondary N) is 4. The third-order valence-corrected chi connectivity index (χ3v) is 8.13. The molecule has 0 spiro atoms. The first-order valence-corrected chi connectivity index (χ1v) is 16.0. The Hall–Kier alpha value is -3.74. The highest BCUT2D eigenvalue weighted by Gasteiger charge is 2.29. The van der Waals surface area contributed by atoms with Crippen LogP contribution in [-0.4, -0.2) is 65.3 Å². The third kappa shape index (κ3) is 14.3. The molecule has 0 aromatic heterocycles. The standard InChI is InChI=1S/C13H16N2O2.C8H11N.C7H11NO2.C5H6BrNO2/c1-15(9-10-5-3-2-4-6-10)11-7-8-12(16)14-13(11)17;1-9-7-8-5-3-2-4-6-8;1-2-5-3-4-6(9)8-7(5)10;6-3-1-2-4(8)7-5(3)9/h2-6,11H,7-9H2,1H3,(H,14,16,17);2-6,9H,7H2,1H3;5H,2-4H2,1H3,(H,8,9,10);3H,1-2H2,(H,7,8,9). The summed E-state index contributed by atoms with van der Waals surface area (Å²) in [6, 6.07) is 20.1. The van der Waals surface area contributed by atoms with E-state index in [2.05, 4.69) is 49.3 Å². The number of likely N-dealkylation sites (N-methyl/N-ethyl adjacent to an activating group) is 1. The second-order valence-corrected chi connectivity index (χ2v) is 12.0. The molecule has 3 unspecified atom stereocenters. The lowest BCUT2D eigenvalue weighted by atomic mass is 9.96. The zero-order chi connectivity index (χ0) is 33.2. The second kappa shape index (κ2) is 20.3. The first-order chi connectivity index (χ1) is 21.5. The molecule has 0 saturated carbocycles. The molecule has 3 heterocycles. The van der Waals surface area contributed by atoms with Crippen LogP contribution in [-0.2, 0) is 41.9 Å². The minimum atomic E-state index is -0.216. The van der Waals surface area contributed by atoms with E-state index in [4.69, 9.17) is 0 Å². The summed E-state index contributed by atoms with van der Waals surface area (Å²) in [5, 5.41) is 9.97. The Balaban J connectivity index is 0.000000219. The second-order valence-electron chi connectivity index (χ2n) is 10.9. The maximum Gasteiger partial charge on any atom is 0.243 e. The largest absolute Gasteiger partial charge is 0.316 e. The number of nitrogens with zero attached hydrogens (tertiary/aromatic N) is 1. The Morgan fingerprint density at radius 3 is 1.67 bits per heavy atom. The predicted octanol–water partition coefficient (Wildman–Crippen LogP) is 2.97. The van der Waals surface area contributed by atoms with Crippen molar-refractivity contribution in [2.75, 3.05) is 14.1 Å². The van der Waals surface area contributed by atoms with E-state index in [0.717, 1.165) is 19.4 Å². The van der Waals surface area contributed by atoms with Gasteiger partial charge in [0.05, 0.1) is 10.9 Å². The molecule has 3 aliphatic heterocycles. The molecular weight excluding hydrogens is 642 g/mol. The van der Waals surface area contributed by atoms with E-state index in [-0.39, 0.29) is 52.2 Å². The molecular formula is C33H44BrN5O6. The van der Waals surface area contributed by atoms with Gasteiger partial charge in [-0.1, -0.05) is 83.5 Å². The van der Waals surface area contributed by atoms with Crippen LogP contribution >= 0.6 is 15.9 Å². The number of carbonyl (C=O) groups excluding carboxylic acids is 6. The SMILES string of the molecule is CCC1CCC(=O)NC1=O.CN(Cc1ccccc1)C1CCC(=O)NC1=O.CNCc1ccccc1.O=C1CCC(Br)C(=O)N1. The van der Waals surface area contributed by atoms with Crippen LogP contribution in [0.1, 0.15) is 63.0 Å². The molecule has 3 saturated heterocycles. The van der Waals surface area contributed by atoms with Gasteiger partial charge in [0.15, 0.2) is 0 Å². The molecule has 11 nitrogen and oxygen atoms in total. The molecule has 0 bridgehead atoms. The number of halogens is 1. The molecule has 2 aromatic rings. The van der Waals surface area contributed by atoms with Gasteiger partial charge < -0.3 is 5.32 Å². The summed E-state index contributed by atoms with van der Waals surface area (Å²) in [5.74, 6) is -0.896. The van der Waals surface area contributed by atoms with Crippen LogP contribution in [0, 0.1) is 5.92 Å². The summed E-state index contributed by atoms with van der Waals surface area (Å²) >= 11 is 3.12. The van der Waals surface area contributed by atoms with Crippen molar-refractivity contribution in [1.29, 1.82) is 0 Å². The highest BCUT2D eigenvalue weighted by molar-refractivity contribution is 9.10. The van der Waals surface area contributed by atoms with Crippen molar-refractivity contribution < 1.29 is 28.8 Å². The fourth-order valence-corrected chi connectivity index (χ4v) is 5.02. The minimum absolute atomic E-state index is 0.0673. The van der Waals surface area contributed by atoms with Crippen LogP contribution in [0.3, 0.4) is 0 Å². The first-order valence-electron chi connectivity index (χ1n) is 15.1. The van der Waals surface area contributed by atoms with Gasteiger partial charge in [-0.3, -0.25) is 49.6 Å². The van der Waals surface area contributed by atoms with Gasteiger partial charge >= 0.3 is 0 Å². The van der Waals surface area contributed by atoms with Gasteiger partial charge in [-0.2, -0.15) is 0 Å². The van der Waals surface area contributed by atoms with Crippen LogP contribution in [0.2, 0.25) is 0 Å². The van der Waals surface area contributed by atoms with E-state index in [1.165, 1.54) is 11.1 Å². The van der Waals surface area contributed by atoms with Gasteiger partial charge in [0.1, 0.15) is 0 Å². The number of hydrogen-bond donors (Lipinski definition) is 4. The number of amides is 6. The fourth-order valence-electron chi connectivity index (χ4n) is 4.68. The highest BCUT2D eigenvalue weighted by Crippen LogP contribution is 2.15. The number of carbonyl (C=O) groups is 6. The molecule has 45 heavy (non-hydrogen) atoms. The Morgan fingerprint density at radius 1 is 0.711 bits per heavy atom. The normalized spacial score (nSPS) is 21.0. The predicted molar refractivity (Wildman–Crippen MR) is 175 cm³/mol. The number of benzene rings is 2. The molecule has 3 aliphatic rings. The van der Waals surface area contributed by atoms with E-state index in [1.54, 1.807) is 0 Å². The molecule has 6 amide bonds. The van der Waals surface area contributed by atoms with Crippen molar-refractivity contribution in [3.05, 3.63) is 71.8 Å². The highest BCUT2D eigenvalue weighted by atomic mass is 79.9. The first kappa shape index (κ1) is 37.4. The van der Waals surface area contributed by atoms with Gasteiger partial charge in [-0.15, -0.1) is 0 Å². The zero-order valence-corrected chi connectivity index (χ0v) is 27.7. The number of piperidine rings is 3. The van der Waals surface area contributed by atoms with Gasteiger partial charge in [-0.25, -0.2) is 0 Å². The van der Waals surface area contributed by atoms with Crippen LogP contribution in [0.25, 0.3) is 0 Å². The van der Waals surface area contributed by atoms with E-state index in [0.29, 0.717) is 38.6 Å². The number of imide groups is 3. The van der Waals surface area contributed by atoms with Crippen LogP contribution in [0.4, 0.5) is 0 Å². The van der Waals surface area contributed by atoms with Crippen LogP contribution < -0.4 is 21.3 Å². The summed E-state index contributed by atoms with van der Waals surface area (Å²) in [7, 11) is 3.86. The summed E-state index contributed by atoms with van der Waals surface area (Å²) < 4.78 is 0. The number of hydrogen-bond acceptors (Lipinski definition) is 8. The summed E-state index contributed by atoms with van der Waals surface area (Å²) in [5.41, 5.74) is 2.50. The van der Waals surface area contributed by atoms with Crippen LogP contribution in [0.5, 0.6) is 0 Å². The minimum Gasteiger partial charge on any atom is -0.316 e. The maximum absolute atomic E-state index is 11.7. The fraction of sp³-hybridized carbons (Fsp3) is 0.455. The van der Waals surface area contributed by atoms with Crippen LogP contribution in [0.15, 0.2) is 60.7 Å². The molecule has 0 radical (unpaired) electrons. The monoisotopic (exact) mass is 685 g/mol. The molecule has 244 valence electrons. The lowest BCUT2D eigenvalue weighted by Crippen LogP contribution is -2.50. The third-order valence-electron chi connectivity index (χ3n) is 7.26. The maximum atomic E-state index is 11.7. The lowest BCUT2D eigenvalue weighted by Gasteiger charge is -2.29. The van der Waals surface area contributed by atoms with Crippen molar-refractivity contribution in [2.24, 2.45) is 5.92 Å². The van der Waals surface area contributed by atoms with Gasteiger partial charge in [0.25, 0.3) is 0 Å². The quantitative estimate of drug-likeness (QED) is 0.267.